The van der Waals surface area contributed by atoms with Gasteiger partial charge in [-0.25, -0.2) is 0 Å². The summed E-state index contributed by atoms with van der Waals surface area (Å²) in [5.74, 6) is -0.540. The Morgan fingerprint density at radius 1 is 1.71 bits per heavy atom. The minimum atomic E-state index is -0.717. The first-order valence-corrected chi connectivity index (χ1v) is 4.83. The second kappa shape index (κ2) is 3.12. The van der Waals surface area contributed by atoms with Crippen LogP contribution in [0.1, 0.15) is 35.7 Å². The predicted molar refractivity (Wildman–Crippen MR) is 51.3 cm³/mol. The molecule has 0 aromatic carbocycles. The number of fused-ring (bicyclic) bond motifs is 1. The van der Waals surface area contributed by atoms with Gasteiger partial charge in [-0.2, -0.15) is 5.10 Å². The maximum atomic E-state index is 10.7. The molecule has 1 N–H and O–H groups in total. The highest BCUT2D eigenvalue weighted by atomic mass is 16.4. The zero-order chi connectivity index (χ0) is 10.3. The number of hydrogen-bond acceptors (Lipinski definition) is 2. The van der Waals surface area contributed by atoms with E-state index in [1.54, 1.807) is 0 Å². The molecule has 1 unspecified atom stereocenters. The quantitative estimate of drug-likeness (QED) is 0.770. The summed E-state index contributed by atoms with van der Waals surface area (Å²) in [6, 6.07) is 0. The summed E-state index contributed by atoms with van der Waals surface area (Å²) in [5, 5.41) is 13.1. The molecule has 0 saturated carbocycles. The average molecular weight is 194 g/mol. The summed E-state index contributed by atoms with van der Waals surface area (Å²) < 4.78 is 1.85. The summed E-state index contributed by atoms with van der Waals surface area (Å²) in [6.45, 7) is 2.01. The van der Waals surface area contributed by atoms with E-state index in [1.807, 2.05) is 18.7 Å². The normalized spacial score (nSPS) is 19.7. The Kier molecular flexibility index (Phi) is 2.06. The van der Waals surface area contributed by atoms with Crippen LogP contribution in [0.15, 0.2) is 0 Å². The van der Waals surface area contributed by atoms with Crippen molar-refractivity contribution in [3.05, 3.63) is 17.0 Å². The van der Waals surface area contributed by atoms with E-state index in [4.69, 9.17) is 5.11 Å². The van der Waals surface area contributed by atoms with E-state index in [-0.39, 0.29) is 12.3 Å². The fourth-order valence-electron chi connectivity index (χ4n) is 2.28. The van der Waals surface area contributed by atoms with Crippen LogP contribution in [0.2, 0.25) is 0 Å². The molecule has 0 spiro atoms. The van der Waals surface area contributed by atoms with E-state index in [1.165, 1.54) is 5.56 Å². The number of aromatic nitrogens is 2. The van der Waals surface area contributed by atoms with Gasteiger partial charge in [0, 0.05) is 12.7 Å². The van der Waals surface area contributed by atoms with Gasteiger partial charge in [-0.15, -0.1) is 0 Å². The molecular weight excluding hydrogens is 180 g/mol. The lowest BCUT2D eigenvalue weighted by Gasteiger charge is -2.08. The van der Waals surface area contributed by atoms with Gasteiger partial charge in [0.1, 0.15) is 0 Å². The molecule has 0 radical (unpaired) electrons. The van der Waals surface area contributed by atoms with E-state index < -0.39 is 5.97 Å². The summed E-state index contributed by atoms with van der Waals surface area (Å²) in [4.78, 5) is 10.7. The van der Waals surface area contributed by atoms with Crippen molar-refractivity contribution in [3.8, 4) is 0 Å². The Hall–Kier alpha value is -1.32. The van der Waals surface area contributed by atoms with Crippen molar-refractivity contribution in [1.29, 1.82) is 0 Å². The molecular formula is C10H14N2O2. The minimum Gasteiger partial charge on any atom is -0.481 e. The molecule has 1 aromatic rings. The second-order valence-electron chi connectivity index (χ2n) is 3.90. The first-order valence-electron chi connectivity index (χ1n) is 4.83. The van der Waals surface area contributed by atoms with Crippen LogP contribution in [-0.2, 0) is 18.3 Å². The summed E-state index contributed by atoms with van der Waals surface area (Å²) >= 11 is 0. The van der Waals surface area contributed by atoms with Gasteiger partial charge >= 0.3 is 5.97 Å². The second-order valence-corrected chi connectivity index (χ2v) is 3.90. The summed E-state index contributed by atoms with van der Waals surface area (Å²) in [7, 11) is 1.91. The van der Waals surface area contributed by atoms with Crippen LogP contribution >= 0.6 is 0 Å². The third-order valence-electron chi connectivity index (χ3n) is 3.02. The third-order valence-corrected chi connectivity index (χ3v) is 3.02. The summed E-state index contributed by atoms with van der Waals surface area (Å²) in [6.07, 6.45) is 2.10. The van der Waals surface area contributed by atoms with E-state index >= 15 is 0 Å². The van der Waals surface area contributed by atoms with Crippen molar-refractivity contribution in [1.82, 2.24) is 9.78 Å². The molecule has 4 nitrogen and oxygen atoms in total. The smallest absolute Gasteiger partial charge is 0.303 e. The van der Waals surface area contributed by atoms with Crippen molar-refractivity contribution in [2.24, 2.45) is 7.05 Å². The monoisotopic (exact) mass is 194 g/mol. The van der Waals surface area contributed by atoms with Crippen molar-refractivity contribution < 1.29 is 9.90 Å². The highest BCUT2D eigenvalue weighted by molar-refractivity contribution is 5.68. The lowest BCUT2D eigenvalue weighted by molar-refractivity contribution is -0.137. The van der Waals surface area contributed by atoms with Crippen molar-refractivity contribution in [2.45, 2.75) is 32.1 Å². The first-order chi connectivity index (χ1) is 6.59. The maximum absolute atomic E-state index is 10.7. The standard InChI is InChI=1S/C10H14N2O2/c1-6-10-7(5-9(13)14)3-4-8(10)11-12(6)2/h7H,3-5H2,1-2H3,(H,13,14). The van der Waals surface area contributed by atoms with E-state index in [0.29, 0.717) is 0 Å². The van der Waals surface area contributed by atoms with E-state index in [9.17, 15) is 4.79 Å². The Morgan fingerprint density at radius 3 is 3.07 bits per heavy atom. The lowest BCUT2D eigenvalue weighted by atomic mass is 9.98. The zero-order valence-electron chi connectivity index (χ0n) is 8.45. The molecule has 1 aliphatic carbocycles. The number of aryl methyl sites for hydroxylation is 2. The number of carboxylic acids is 1. The number of rotatable bonds is 2. The van der Waals surface area contributed by atoms with Crippen LogP contribution in [0.5, 0.6) is 0 Å². The van der Waals surface area contributed by atoms with Crippen LogP contribution in [0.4, 0.5) is 0 Å². The SMILES string of the molecule is Cc1c2c(nn1C)CCC2CC(=O)O. The number of aliphatic carboxylic acids is 1. The number of carbonyl (C=O) groups is 1. The van der Waals surface area contributed by atoms with Crippen LogP contribution < -0.4 is 0 Å². The molecule has 0 fully saturated rings. The Morgan fingerprint density at radius 2 is 2.43 bits per heavy atom. The molecule has 1 heterocycles. The van der Waals surface area contributed by atoms with Crippen LogP contribution in [0.3, 0.4) is 0 Å². The fourth-order valence-corrected chi connectivity index (χ4v) is 2.28. The summed E-state index contributed by atoms with van der Waals surface area (Å²) in [5.41, 5.74) is 3.38. The zero-order valence-corrected chi connectivity index (χ0v) is 8.45. The van der Waals surface area contributed by atoms with Gasteiger partial charge in [0.25, 0.3) is 0 Å². The van der Waals surface area contributed by atoms with Gasteiger partial charge in [0.05, 0.1) is 12.1 Å². The fraction of sp³-hybridized carbons (Fsp3) is 0.600. The van der Waals surface area contributed by atoms with Gasteiger partial charge in [0.2, 0.25) is 0 Å². The molecule has 14 heavy (non-hydrogen) atoms. The Balaban J connectivity index is 2.32. The number of carboxylic acid groups (broad SMARTS) is 1. The maximum Gasteiger partial charge on any atom is 0.303 e. The average Bonchev–Trinajstić information content (AvgIpc) is 2.57. The third kappa shape index (κ3) is 1.31. The van der Waals surface area contributed by atoms with Gasteiger partial charge in [-0.1, -0.05) is 0 Å². The first kappa shape index (κ1) is 9.24. The number of hydrogen-bond donors (Lipinski definition) is 1. The van der Waals surface area contributed by atoms with Crippen molar-refractivity contribution in [3.63, 3.8) is 0 Å². The predicted octanol–water partition coefficient (Wildman–Crippen LogP) is 1.23. The molecule has 76 valence electrons. The Bertz CT molecular complexity index is 382. The molecule has 0 amide bonds. The molecule has 0 bridgehead atoms. The van der Waals surface area contributed by atoms with Crippen LogP contribution in [-0.4, -0.2) is 20.9 Å². The molecule has 0 aliphatic heterocycles. The largest absolute Gasteiger partial charge is 0.481 e. The highest BCUT2D eigenvalue weighted by Crippen LogP contribution is 2.36. The minimum absolute atomic E-state index is 0.177. The molecule has 4 heteroatoms. The Labute approximate surface area is 82.5 Å². The van der Waals surface area contributed by atoms with E-state index in [0.717, 1.165) is 24.2 Å². The molecule has 0 saturated heterocycles. The van der Waals surface area contributed by atoms with E-state index in [2.05, 4.69) is 5.10 Å². The molecule has 1 aromatic heterocycles. The topological polar surface area (TPSA) is 55.1 Å². The molecule has 2 rings (SSSR count). The van der Waals surface area contributed by atoms with Gasteiger partial charge < -0.3 is 5.11 Å². The van der Waals surface area contributed by atoms with Gasteiger partial charge in [-0.05, 0) is 31.2 Å². The van der Waals surface area contributed by atoms with Gasteiger partial charge in [0.15, 0.2) is 0 Å². The molecule has 1 aliphatic rings. The van der Waals surface area contributed by atoms with Crippen molar-refractivity contribution >= 4 is 5.97 Å². The van der Waals surface area contributed by atoms with Crippen LogP contribution in [0, 0.1) is 6.92 Å². The molecule has 1 atom stereocenters. The van der Waals surface area contributed by atoms with Crippen LogP contribution in [0.25, 0.3) is 0 Å². The lowest BCUT2D eigenvalue weighted by Crippen LogP contribution is -2.05. The van der Waals surface area contributed by atoms with Gasteiger partial charge in [-0.3, -0.25) is 9.48 Å². The highest BCUT2D eigenvalue weighted by Gasteiger charge is 2.29. The number of nitrogens with zero attached hydrogens (tertiary/aromatic N) is 2. The van der Waals surface area contributed by atoms with Crippen molar-refractivity contribution in [2.75, 3.05) is 0 Å².